The summed E-state index contributed by atoms with van der Waals surface area (Å²) >= 11 is 0. The first kappa shape index (κ1) is 17.1. The third-order valence-electron chi connectivity index (χ3n) is 4.76. The summed E-state index contributed by atoms with van der Waals surface area (Å²) in [4.78, 5) is 30.0. The van der Waals surface area contributed by atoms with Crippen LogP contribution >= 0.6 is 0 Å². The number of hydrogen-bond acceptors (Lipinski definition) is 5. The number of ketones is 1. The number of hydrogen-bond donors (Lipinski definition) is 1. The van der Waals surface area contributed by atoms with Gasteiger partial charge in [-0.2, -0.15) is 0 Å². The molecule has 1 unspecified atom stereocenters. The van der Waals surface area contributed by atoms with Crippen LogP contribution in [0.2, 0.25) is 0 Å². The van der Waals surface area contributed by atoms with Gasteiger partial charge < -0.3 is 19.4 Å². The van der Waals surface area contributed by atoms with Gasteiger partial charge in [0.05, 0.1) is 25.3 Å². The molecule has 2 aromatic carbocycles. The molecular weight excluding hydrogens is 346 g/mol. The van der Waals surface area contributed by atoms with Gasteiger partial charge in [0.1, 0.15) is 5.82 Å². The summed E-state index contributed by atoms with van der Waals surface area (Å²) < 4.78 is 12.4. The number of fused-ring (bicyclic) bond motifs is 3. The quantitative estimate of drug-likeness (QED) is 0.719. The maximum atomic E-state index is 12.9. The van der Waals surface area contributed by atoms with Gasteiger partial charge in [0, 0.05) is 24.7 Å². The van der Waals surface area contributed by atoms with Crippen molar-refractivity contribution in [3.05, 3.63) is 48.3 Å². The second kappa shape index (κ2) is 6.75. The Hall–Kier alpha value is -3.35. The number of aryl methyl sites for hydroxylation is 1. The zero-order valence-electron chi connectivity index (χ0n) is 15.1. The minimum absolute atomic E-state index is 0.129. The molecule has 0 bridgehead atoms. The third-order valence-corrected chi connectivity index (χ3v) is 4.76. The maximum Gasteiger partial charge on any atom is 0.242 e. The molecule has 1 aliphatic heterocycles. The van der Waals surface area contributed by atoms with Gasteiger partial charge in [-0.3, -0.25) is 9.59 Å². The predicted octanol–water partition coefficient (Wildman–Crippen LogP) is 2.75. The van der Waals surface area contributed by atoms with E-state index in [-0.39, 0.29) is 5.78 Å². The fourth-order valence-electron chi connectivity index (χ4n) is 3.45. The van der Waals surface area contributed by atoms with Gasteiger partial charge in [-0.1, -0.05) is 12.1 Å². The summed E-state index contributed by atoms with van der Waals surface area (Å²) in [5, 5.41) is 2.80. The molecule has 0 aliphatic carbocycles. The van der Waals surface area contributed by atoms with E-state index in [1.54, 1.807) is 25.3 Å². The normalized spacial score (nSPS) is 16.1. The van der Waals surface area contributed by atoms with Gasteiger partial charge in [-0.15, -0.1) is 0 Å². The molecular formula is C20H19N3O4. The predicted molar refractivity (Wildman–Crippen MR) is 100 cm³/mol. The summed E-state index contributed by atoms with van der Waals surface area (Å²) in [5.41, 5.74) is 2.24. The molecule has 1 aromatic heterocycles. The number of nitrogens with one attached hydrogen (secondary N) is 1. The number of carbonyl (C=O) groups excluding carboxylic acids is 2. The second-order valence-corrected chi connectivity index (χ2v) is 6.32. The van der Waals surface area contributed by atoms with Gasteiger partial charge in [-0.05, 0) is 24.3 Å². The van der Waals surface area contributed by atoms with Crippen LogP contribution in [0.5, 0.6) is 11.5 Å². The molecule has 0 radical (unpaired) electrons. The lowest BCUT2D eigenvalue weighted by molar-refractivity contribution is -0.128. The standard InChI is InChI=1S/C20H19N3O4/c1-26-16-8-7-12(11-17(16)27-2)21-20(25)18-15(24)9-10-23-14-6-4-3-5-13(14)22-19(18)23/h3-8,11,18H,9-10H2,1-2H3,(H,21,25). The van der Waals surface area contributed by atoms with Crippen molar-refractivity contribution in [3.63, 3.8) is 0 Å². The Morgan fingerprint density at radius 2 is 1.93 bits per heavy atom. The van der Waals surface area contributed by atoms with Crippen LogP contribution in [-0.4, -0.2) is 35.5 Å². The number of amides is 1. The Morgan fingerprint density at radius 3 is 2.70 bits per heavy atom. The average Bonchev–Trinajstić information content (AvgIpc) is 3.05. The molecule has 7 nitrogen and oxygen atoms in total. The van der Waals surface area contributed by atoms with Gasteiger partial charge in [-0.25, -0.2) is 4.98 Å². The molecule has 138 valence electrons. The van der Waals surface area contributed by atoms with E-state index in [2.05, 4.69) is 10.3 Å². The van der Waals surface area contributed by atoms with Gasteiger partial charge in [0.2, 0.25) is 5.91 Å². The highest BCUT2D eigenvalue weighted by atomic mass is 16.5. The first-order valence-corrected chi connectivity index (χ1v) is 8.63. The topological polar surface area (TPSA) is 82.5 Å². The van der Waals surface area contributed by atoms with E-state index >= 15 is 0 Å². The van der Waals surface area contributed by atoms with Crippen molar-refractivity contribution in [2.75, 3.05) is 19.5 Å². The Kier molecular flexibility index (Phi) is 4.27. The number of methoxy groups -OCH3 is 2. The first-order chi connectivity index (χ1) is 13.1. The van der Waals surface area contributed by atoms with Crippen LogP contribution in [0.25, 0.3) is 11.0 Å². The maximum absolute atomic E-state index is 12.9. The summed E-state index contributed by atoms with van der Waals surface area (Å²) in [6.45, 7) is 0.537. The summed E-state index contributed by atoms with van der Waals surface area (Å²) in [5.74, 6) is 0.0903. The number of rotatable bonds is 4. The number of anilines is 1. The van der Waals surface area contributed by atoms with Crippen LogP contribution in [0.15, 0.2) is 42.5 Å². The number of Topliss-reactive ketones (excluding diaryl/α,β-unsaturated/α-hetero) is 1. The van der Waals surface area contributed by atoms with Crippen molar-refractivity contribution in [2.24, 2.45) is 0 Å². The smallest absolute Gasteiger partial charge is 0.242 e. The van der Waals surface area contributed by atoms with Crippen molar-refractivity contribution in [1.29, 1.82) is 0 Å². The van der Waals surface area contributed by atoms with Crippen LogP contribution in [-0.2, 0) is 16.1 Å². The first-order valence-electron chi connectivity index (χ1n) is 8.63. The zero-order valence-corrected chi connectivity index (χ0v) is 15.1. The molecule has 7 heteroatoms. The summed E-state index contributed by atoms with van der Waals surface area (Å²) in [6, 6.07) is 12.7. The largest absolute Gasteiger partial charge is 0.493 e. The lowest BCUT2D eigenvalue weighted by Crippen LogP contribution is -2.34. The molecule has 1 N–H and O–H groups in total. The zero-order chi connectivity index (χ0) is 19.0. The van der Waals surface area contributed by atoms with Crippen molar-refractivity contribution >= 4 is 28.4 Å². The molecule has 1 atom stereocenters. The van der Waals surface area contributed by atoms with Crippen LogP contribution in [0.4, 0.5) is 5.69 Å². The SMILES string of the molecule is COc1ccc(NC(=O)C2C(=O)CCn3c2nc2ccccc23)cc1OC. The average molecular weight is 365 g/mol. The Bertz CT molecular complexity index is 1040. The van der Waals surface area contributed by atoms with E-state index in [0.717, 1.165) is 11.0 Å². The van der Waals surface area contributed by atoms with Crippen LogP contribution in [0.1, 0.15) is 18.2 Å². The lowest BCUT2D eigenvalue weighted by atomic mass is 9.96. The number of imidazole rings is 1. The molecule has 2 heterocycles. The highest BCUT2D eigenvalue weighted by Crippen LogP contribution is 2.32. The molecule has 27 heavy (non-hydrogen) atoms. The van der Waals surface area contributed by atoms with E-state index in [9.17, 15) is 9.59 Å². The minimum atomic E-state index is -0.931. The molecule has 4 rings (SSSR count). The van der Waals surface area contributed by atoms with E-state index in [1.807, 2.05) is 28.8 Å². The van der Waals surface area contributed by atoms with Crippen molar-refractivity contribution in [2.45, 2.75) is 18.9 Å². The molecule has 0 spiro atoms. The molecule has 0 saturated carbocycles. The van der Waals surface area contributed by atoms with Gasteiger partial charge in [0.15, 0.2) is 23.2 Å². The minimum Gasteiger partial charge on any atom is -0.493 e. The highest BCUT2D eigenvalue weighted by molar-refractivity contribution is 6.12. The molecule has 0 saturated heterocycles. The van der Waals surface area contributed by atoms with Crippen LogP contribution in [0, 0.1) is 0 Å². The fraction of sp³-hybridized carbons (Fsp3) is 0.250. The Morgan fingerprint density at radius 1 is 1.15 bits per heavy atom. The van der Waals surface area contributed by atoms with Gasteiger partial charge >= 0.3 is 0 Å². The molecule has 1 amide bonds. The highest BCUT2D eigenvalue weighted by Gasteiger charge is 2.36. The number of benzene rings is 2. The molecule has 1 aliphatic rings. The summed E-state index contributed by atoms with van der Waals surface area (Å²) in [6.07, 6.45) is 0.303. The number of aromatic nitrogens is 2. The van der Waals surface area contributed by atoms with E-state index in [1.165, 1.54) is 7.11 Å². The van der Waals surface area contributed by atoms with E-state index in [4.69, 9.17) is 9.47 Å². The Labute approximate surface area is 155 Å². The monoisotopic (exact) mass is 365 g/mol. The van der Waals surface area contributed by atoms with Crippen molar-refractivity contribution in [3.8, 4) is 11.5 Å². The fourth-order valence-corrected chi connectivity index (χ4v) is 3.45. The van der Waals surface area contributed by atoms with E-state index in [0.29, 0.717) is 36.0 Å². The van der Waals surface area contributed by atoms with Gasteiger partial charge in [0.25, 0.3) is 0 Å². The molecule has 3 aromatic rings. The number of carbonyl (C=O) groups is 2. The van der Waals surface area contributed by atoms with Crippen LogP contribution < -0.4 is 14.8 Å². The molecule has 0 fully saturated rings. The number of nitrogens with zero attached hydrogens (tertiary/aromatic N) is 2. The van der Waals surface area contributed by atoms with Crippen molar-refractivity contribution in [1.82, 2.24) is 9.55 Å². The number of ether oxygens (including phenoxy) is 2. The van der Waals surface area contributed by atoms with Crippen LogP contribution in [0.3, 0.4) is 0 Å². The van der Waals surface area contributed by atoms with E-state index < -0.39 is 11.8 Å². The summed E-state index contributed by atoms with van der Waals surface area (Å²) in [7, 11) is 3.07. The lowest BCUT2D eigenvalue weighted by Gasteiger charge is -2.22. The second-order valence-electron chi connectivity index (χ2n) is 6.32. The van der Waals surface area contributed by atoms with Crippen molar-refractivity contribution < 1.29 is 19.1 Å². The third kappa shape index (κ3) is 2.91. The number of para-hydroxylation sites is 2. The Balaban J connectivity index is 1.67.